The molecule has 3 N–H and O–H groups in total. The standard InChI is InChI=1S/C23H27N5O4/c1-15(21(30)25-14-16-6-3-4-8-18(16)32-2)28-13-11-23(10-9-19(28)29)26-20-17(22(31)27-23)7-5-12-24-20/h3-8,12,15H,9-11,13-14H2,1-2H3,(H,24,26)(H,25,30)(H,27,31). The number of hydrogen-bond acceptors (Lipinski definition) is 6. The average Bonchev–Trinajstić information content (AvgIpc) is 2.96. The van der Waals surface area contributed by atoms with Crippen LogP contribution in [0, 0.1) is 0 Å². The zero-order chi connectivity index (χ0) is 22.7. The number of aromatic nitrogens is 1. The number of likely N-dealkylation sites (tertiary alicyclic amines) is 1. The highest BCUT2D eigenvalue weighted by Crippen LogP contribution is 2.31. The Morgan fingerprint density at radius 2 is 2.03 bits per heavy atom. The molecular formula is C23H27N5O4. The van der Waals surface area contributed by atoms with Crippen molar-refractivity contribution in [3.8, 4) is 5.75 Å². The van der Waals surface area contributed by atoms with Crippen molar-refractivity contribution in [2.75, 3.05) is 19.0 Å². The normalized spacial score (nSPS) is 21.1. The molecule has 1 fully saturated rings. The topological polar surface area (TPSA) is 113 Å². The molecule has 0 saturated carbocycles. The van der Waals surface area contributed by atoms with Crippen LogP contribution in [0.15, 0.2) is 42.6 Å². The number of methoxy groups -OCH3 is 1. The van der Waals surface area contributed by atoms with Crippen LogP contribution in [0.4, 0.5) is 5.82 Å². The Balaban J connectivity index is 1.42. The minimum atomic E-state index is -0.767. The average molecular weight is 438 g/mol. The second-order valence-electron chi connectivity index (χ2n) is 8.10. The van der Waals surface area contributed by atoms with Gasteiger partial charge in [-0.1, -0.05) is 18.2 Å². The van der Waals surface area contributed by atoms with Crippen molar-refractivity contribution in [1.29, 1.82) is 0 Å². The van der Waals surface area contributed by atoms with Crippen molar-refractivity contribution in [2.24, 2.45) is 0 Å². The summed E-state index contributed by atoms with van der Waals surface area (Å²) < 4.78 is 5.32. The first kappa shape index (κ1) is 21.6. The summed E-state index contributed by atoms with van der Waals surface area (Å²) >= 11 is 0. The van der Waals surface area contributed by atoms with Crippen molar-refractivity contribution in [2.45, 2.75) is 44.4 Å². The van der Waals surface area contributed by atoms with Crippen LogP contribution in [-0.2, 0) is 16.1 Å². The van der Waals surface area contributed by atoms with E-state index in [1.807, 2.05) is 24.3 Å². The van der Waals surface area contributed by atoms with Gasteiger partial charge in [0.15, 0.2) is 0 Å². The number of rotatable bonds is 5. The van der Waals surface area contributed by atoms with E-state index in [0.717, 1.165) is 5.56 Å². The van der Waals surface area contributed by atoms with E-state index >= 15 is 0 Å². The van der Waals surface area contributed by atoms with Crippen LogP contribution in [0.25, 0.3) is 0 Å². The van der Waals surface area contributed by atoms with Gasteiger partial charge in [-0.3, -0.25) is 14.4 Å². The Labute approximate surface area is 186 Å². The lowest BCUT2D eigenvalue weighted by Crippen LogP contribution is -2.58. The fourth-order valence-electron chi connectivity index (χ4n) is 4.24. The lowest BCUT2D eigenvalue weighted by atomic mass is 9.97. The number of anilines is 1. The minimum absolute atomic E-state index is 0.121. The van der Waals surface area contributed by atoms with E-state index in [1.54, 1.807) is 37.3 Å². The smallest absolute Gasteiger partial charge is 0.256 e. The monoisotopic (exact) mass is 437 g/mol. The molecule has 32 heavy (non-hydrogen) atoms. The lowest BCUT2D eigenvalue weighted by Gasteiger charge is -2.39. The van der Waals surface area contributed by atoms with Crippen molar-refractivity contribution < 1.29 is 19.1 Å². The Morgan fingerprint density at radius 1 is 1.22 bits per heavy atom. The second kappa shape index (κ2) is 8.86. The number of nitrogens with one attached hydrogen (secondary N) is 3. The van der Waals surface area contributed by atoms with Crippen molar-refractivity contribution in [3.05, 3.63) is 53.7 Å². The molecule has 168 valence electrons. The van der Waals surface area contributed by atoms with E-state index in [-0.39, 0.29) is 24.1 Å². The summed E-state index contributed by atoms with van der Waals surface area (Å²) in [5, 5.41) is 9.22. The van der Waals surface area contributed by atoms with E-state index in [4.69, 9.17) is 4.74 Å². The Kier molecular flexibility index (Phi) is 5.98. The van der Waals surface area contributed by atoms with Gasteiger partial charge in [0.05, 0.1) is 12.7 Å². The predicted octanol–water partition coefficient (Wildman–Crippen LogP) is 1.66. The van der Waals surface area contributed by atoms with E-state index in [1.165, 1.54) is 0 Å². The van der Waals surface area contributed by atoms with Crippen LogP contribution >= 0.6 is 0 Å². The molecule has 1 spiro atoms. The first-order valence-corrected chi connectivity index (χ1v) is 10.7. The van der Waals surface area contributed by atoms with E-state index in [9.17, 15) is 14.4 Å². The van der Waals surface area contributed by atoms with Gasteiger partial charge < -0.3 is 25.6 Å². The lowest BCUT2D eigenvalue weighted by molar-refractivity contribution is -0.139. The van der Waals surface area contributed by atoms with E-state index < -0.39 is 11.7 Å². The van der Waals surface area contributed by atoms with Gasteiger partial charge in [0.1, 0.15) is 23.3 Å². The van der Waals surface area contributed by atoms with Crippen LogP contribution in [0.5, 0.6) is 5.75 Å². The quantitative estimate of drug-likeness (QED) is 0.656. The third-order valence-corrected chi connectivity index (χ3v) is 6.12. The Hall–Kier alpha value is -3.62. The van der Waals surface area contributed by atoms with Gasteiger partial charge in [-0.2, -0.15) is 0 Å². The highest BCUT2D eigenvalue weighted by atomic mass is 16.5. The van der Waals surface area contributed by atoms with Gasteiger partial charge in [0.25, 0.3) is 5.91 Å². The summed E-state index contributed by atoms with van der Waals surface area (Å²) in [7, 11) is 1.58. The van der Waals surface area contributed by atoms with Crippen LogP contribution in [0.3, 0.4) is 0 Å². The van der Waals surface area contributed by atoms with Crippen LogP contribution in [0.2, 0.25) is 0 Å². The van der Waals surface area contributed by atoms with Gasteiger partial charge in [-0.15, -0.1) is 0 Å². The number of amides is 3. The zero-order valence-electron chi connectivity index (χ0n) is 18.2. The maximum atomic E-state index is 12.9. The summed E-state index contributed by atoms with van der Waals surface area (Å²) in [6.45, 7) is 2.36. The largest absolute Gasteiger partial charge is 0.496 e. The van der Waals surface area contributed by atoms with Crippen molar-refractivity contribution in [3.63, 3.8) is 0 Å². The Morgan fingerprint density at radius 3 is 2.84 bits per heavy atom. The van der Waals surface area contributed by atoms with Crippen LogP contribution in [-0.4, -0.2) is 53.0 Å². The first-order valence-electron chi connectivity index (χ1n) is 10.7. The minimum Gasteiger partial charge on any atom is -0.496 e. The molecular weight excluding hydrogens is 410 g/mol. The maximum absolute atomic E-state index is 12.9. The molecule has 9 heteroatoms. The first-order chi connectivity index (χ1) is 15.4. The fraction of sp³-hybridized carbons (Fsp3) is 0.391. The van der Waals surface area contributed by atoms with Gasteiger partial charge in [0, 0.05) is 37.7 Å². The molecule has 2 unspecified atom stereocenters. The third kappa shape index (κ3) is 4.23. The third-order valence-electron chi connectivity index (χ3n) is 6.12. The summed E-state index contributed by atoms with van der Waals surface area (Å²) in [5.41, 5.74) is 0.572. The van der Waals surface area contributed by atoms with Gasteiger partial charge >= 0.3 is 0 Å². The molecule has 9 nitrogen and oxygen atoms in total. The number of para-hydroxylation sites is 1. The van der Waals surface area contributed by atoms with Crippen molar-refractivity contribution >= 4 is 23.5 Å². The predicted molar refractivity (Wildman–Crippen MR) is 118 cm³/mol. The number of nitrogens with zero attached hydrogens (tertiary/aromatic N) is 2. The highest BCUT2D eigenvalue weighted by Gasteiger charge is 2.42. The molecule has 1 aromatic heterocycles. The number of pyridine rings is 1. The fourth-order valence-corrected chi connectivity index (χ4v) is 4.24. The molecule has 4 rings (SSSR count). The number of carbonyl (C=O) groups excluding carboxylic acids is 3. The molecule has 3 amide bonds. The number of carbonyl (C=O) groups is 3. The molecule has 2 aliphatic heterocycles. The molecule has 2 aromatic rings. The Bertz CT molecular complexity index is 1040. The SMILES string of the molecule is COc1ccccc1CNC(=O)C(C)N1CCC2(CCC1=O)NC(=O)c1cccnc1N2. The van der Waals surface area contributed by atoms with Crippen LogP contribution in [0.1, 0.15) is 42.1 Å². The molecule has 0 radical (unpaired) electrons. The number of ether oxygens (including phenoxy) is 1. The number of hydrogen-bond donors (Lipinski definition) is 3. The second-order valence-corrected chi connectivity index (χ2v) is 8.10. The van der Waals surface area contributed by atoms with Gasteiger partial charge in [-0.25, -0.2) is 4.98 Å². The van der Waals surface area contributed by atoms with Crippen LogP contribution < -0.4 is 20.7 Å². The van der Waals surface area contributed by atoms with E-state index in [0.29, 0.717) is 43.1 Å². The summed E-state index contributed by atoms with van der Waals surface area (Å²) in [6.07, 6.45) is 2.71. The summed E-state index contributed by atoms with van der Waals surface area (Å²) in [6, 6.07) is 10.2. The number of fused-ring (bicyclic) bond motifs is 1. The molecule has 0 aliphatic carbocycles. The van der Waals surface area contributed by atoms with Gasteiger partial charge in [-0.05, 0) is 31.5 Å². The van der Waals surface area contributed by atoms with E-state index in [2.05, 4.69) is 20.9 Å². The molecule has 0 bridgehead atoms. The van der Waals surface area contributed by atoms with Crippen molar-refractivity contribution in [1.82, 2.24) is 20.5 Å². The maximum Gasteiger partial charge on any atom is 0.256 e. The van der Waals surface area contributed by atoms with Gasteiger partial charge in [0.2, 0.25) is 11.8 Å². The molecule has 1 aromatic carbocycles. The summed E-state index contributed by atoms with van der Waals surface area (Å²) in [5.74, 6) is 0.633. The molecule has 3 heterocycles. The number of benzene rings is 1. The summed E-state index contributed by atoms with van der Waals surface area (Å²) in [4.78, 5) is 44.1. The molecule has 1 saturated heterocycles. The zero-order valence-corrected chi connectivity index (χ0v) is 18.2. The molecule has 2 aliphatic rings. The highest BCUT2D eigenvalue weighted by molar-refractivity contribution is 6.01. The molecule has 2 atom stereocenters.